The monoisotopic (exact) mass is 792 g/mol. The number of aryl methyl sites for hydroxylation is 1. The summed E-state index contributed by atoms with van der Waals surface area (Å²) >= 11 is 0. The highest BCUT2D eigenvalue weighted by molar-refractivity contribution is 7.91. The van der Waals surface area contributed by atoms with Gasteiger partial charge in [-0.1, -0.05) is 49.3 Å². The second-order valence-electron chi connectivity index (χ2n) is 15.6. The summed E-state index contributed by atoms with van der Waals surface area (Å²) < 4.78 is 40.5. The molecule has 2 saturated carbocycles. The Hall–Kier alpha value is -5.50. The summed E-state index contributed by atoms with van der Waals surface area (Å²) in [5, 5.41) is 7.38. The number of carbonyl (C=O) groups excluding carboxylic acids is 3. The number of nitrogens with zero attached hydrogens (tertiary/aromatic N) is 3. The third-order valence-corrected chi connectivity index (χ3v) is 13.4. The standard InChI is InChI=1S/C43H48N6O7S/c1-27-33-24-36(34-16-11-12-22-44-34)46-40(32(33)20-21-38(27)55-2)56-30-23-37-39(50)47-43(42(52)48-57(53,54)31-18-19-31)25-28(43)13-7-4-3-5-10-17-35(41(51)49(37)26-30)45-29-14-8-6-9-15-29/h6-9,11-16,20-22,24,28,30-31,35,37,45H,3-5,10,17-19,23,25-26H2,1-2H3,(H,47,50)(H,48,52)/b13-7-/t28-,30-,35+,37+,43-/m1/s1. The fourth-order valence-electron chi connectivity index (χ4n) is 8.12. The van der Waals surface area contributed by atoms with Crippen LogP contribution in [0.25, 0.3) is 22.2 Å². The van der Waals surface area contributed by atoms with E-state index in [0.29, 0.717) is 42.3 Å². The molecule has 0 bridgehead atoms. The molecule has 298 valence electrons. The Bertz CT molecular complexity index is 2300. The first-order chi connectivity index (χ1) is 27.6. The van der Waals surface area contributed by atoms with Gasteiger partial charge in [0.25, 0.3) is 5.91 Å². The maximum atomic E-state index is 14.8. The van der Waals surface area contributed by atoms with E-state index in [1.54, 1.807) is 18.2 Å². The highest BCUT2D eigenvalue weighted by atomic mass is 32.2. The quantitative estimate of drug-likeness (QED) is 0.186. The van der Waals surface area contributed by atoms with Crippen LogP contribution in [-0.4, -0.2) is 83.6 Å². The van der Waals surface area contributed by atoms with E-state index in [-0.39, 0.29) is 25.3 Å². The lowest BCUT2D eigenvalue weighted by atomic mass is 10.0. The van der Waals surface area contributed by atoms with Crippen LogP contribution in [0, 0.1) is 12.8 Å². The molecule has 8 rings (SSSR count). The Morgan fingerprint density at radius 2 is 1.77 bits per heavy atom. The van der Waals surface area contributed by atoms with Crippen molar-refractivity contribution >= 4 is 44.2 Å². The van der Waals surface area contributed by atoms with E-state index < -0.39 is 56.7 Å². The molecule has 57 heavy (non-hydrogen) atoms. The molecule has 2 aliphatic carbocycles. The summed E-state index contributed by atoms with van der Waals surface area (Å²) in [5.41, 5.74) is 1.45. The van der Waals surface area contributed by atoms with Gasteiger partial charge in [0, 0.05) is 29.6 Å². The minimum Gasteiger partial charge on any atom is -0.496 e. The van der Waals surface area contributed by atoms with Crippen LogP contribution >= 0.6 is 0 Å². The van der Waals surface area contributed by atoms with E-state index in [1.807, 2.05) is 85.8 Å². The van der Waals surface area contributed by atoms with Crippen LogP contribution in [0.1, 0.15) is 63.4 Å². The van der Waals surface area contributed by atoms with Crippen molar-refractivity contribution in [2.45, 2.75) is 93.7 Å². The predicted molar refractivity (Wildman–Crippen MR) is 216 cm³/mol. The second kappa shape index (κ2) is 15.8. The maximum Gasteiger partial charge on any atom is 0.259 e. The van der Waals surface area contributed by atoms with Gasteiger partial charge < -0.3 is 25.0 Å². The van der Waals surface area contributed by atoms with Gasteiger partial charge >= 0.3 is 0 Å². The number of carbonyl (C=O) groups is 3. The Labute approximate surface area is 332 Å². The average molecular weight is 793 g/mol. The summed E-state index contributed by atoms with van der Waals surface area (Å²) in [6.45, 7) is 2.04. The number of anilines is 1. The number of para-hydroxylation sites is 1. The number of amides is 3. The molecule has 1 saturated heterocycles. The molecule has 4 aromatic rings. The Kier molecular flexibility index (Phi) is 10.6. The van der Waals surface area contributed by atoms with Crippen LogP contribution < -0.4 is 24.8 Å². The first kappa shape index (κ1) is 38.4. The van der Waals surface area contributed by atoms with Crippen molar-refractivity contribution in [3.63, 3.8) is 0 Å². The molecule has 0 spiro atoms. The minimum absolute atomic E-state index is 0.0780. The van der Waals surface area contributed by atoms with Gasteiger partial charge in [0.15, 0.2) is 0 Å². The lowest BCUT2D eigenvalue weighted by Gasteiger charge is -2.30. The van der Waals surface area contributed by atoms with Gasteiger partial charge in [-0.2, -0.15) is 0 Å². The van der Waals surface area contributed by atoms with Crippen LogP contribution in [0.2, 0.25) is 0 Å². The number of aromatic nitrogens is 2. The highest BCUT2D eigenvalue weighted by Crippen LogP contribution is 2.46. The summed E-state index contributed by atoms with van der Waals surface area (Å²) in [7, 11) is -2.25. The molecular weight excluding hydrogens is 745 g/mol. The van der Waals surface area contributed by atoms with Crippen molar-refractivity contribution in [2.75, 3.05) is 19.0 Å². The molecule has 4 aliphatic rings. The molecule has 13 nitrogen and oxygen atoms in total. The van der Waals surface area contributed by atoms with E-state index in [2.05, 4.69) is 20.3 Å². The molecule has 14 heteroatoms. The van der Waals surface area contributed by atoms with E-state index in [0.717, 1.165) is 47.7 Å². The van der Waals surface area contributed by atoms with Gasteiger partial charge in [-0.25, -0.2) is 13.4 Å². The minimum atomic E-state index is -3.87. The maximum absolute atomic E-state index is 14.8. The molecule has 4 heterocycles. The van der Waals surface area contributed by atoms with E-state index in [4.69, 9.17) is 14.5 Å². The van der Waals surface area contributed by atoms with Crippen LogP contribution in [0.5, 0.6) is 11.6 Å². The molecule has 3 N–H and O–H groups in total. The number of hydrogen-bond acceptors (Lipinski definition) is 10. The highest BCUT2D eigenvalue weighted by Gasteiger charge is 2.62. The second-order valence-corrected chi connectivity index (χ2v) is 17.5. The SMILES string of the molecule is COc1ccc2c(O[C@@H]3C[C@H]4C(=O)N[C@]5(C(=O)NS(=O)(=O)C6CC6)C[C@H]5/C=C\CCCCC[C@H](Nc5ccccc5)C(=O)N4C3)nc(-c3ccccn3)cc2c1C. The summed E-state index contributed by atoms with van der Waals surface area (Å²) in [4.78, 5) is 54.2. The number of pyridine rings is 2. The lowest BCUT2D eigenvalue weighted by Crippen LogP contribution is -2.57. The number of fused-ring (bicyclic) bond motifs is 3. The molecule has 2 aromatic heterocycles. The largest absolute Gasteiger partial charge is 0.496 e. The molecule has 0 unspecified atom stereocenters. The Balaban J connectivity index is 1.15. The van der Waals surface area contributed by atoms with Crippen LogP contribution in [-0.2, 0) is 24.4 Å². The predicted octanol–water partition coefficient (Wildman–Crippen LogP) is 5.45. The number of benzene rings is 2. The van der Waals surface area contributed by atoms with E-state index in [1.165, 1.54) is 0 Å². The molecule has 5 atom stereocenters. The fraction of sp³-hybridized carbons (Fsp3) is 0.419. The molecular formula is C43H48N6O7S. The van der Waals surface area contributed by atoms with Crippen LogP contribution in [0.4, 0.5) is 5.69 Å². The van der Waals surface area contributed by atoms with Gasteiger partial charge in [-0.15, -0.1) is 0 Å². The molecule has 0 radical (unpaired) electrons. The van der Waals surface area contributed by atoms with Gasteiger partial charge in [0.2, 0.25) is 27.7 Å². The zero-order valence-electron chi connectivity index (χ0n) is 32.1. The van der Waals surface area contributed by atoms with E-state index in [9.17, 15) is 22.8 Å². The number of rotatable bonds is 9. The van der Waals surface area contributed by atoms with Gasteiger partial charge in [0.1, 0.15) is 29.5 Å². The van der Waals surface area contributed by atoms with Crippen LogP contribution in [0.3, 0.4) is 0 Å². The summed E-state index contributed by atoms with van der Waals surface area (Å²) in [6, 6.07) is 19.1. The molecule has 2 aromatic carbocycles. The van der Waals surface area contributed by atoms with Crippen molar-refractivity contribution in [1.29, 1.82) is 0 Å². The molecule has 3 amide bonds. The average Bonchev–Trinajstić information content (AvgIpc) is 4.14. The zero-order valence-corrected chi connectivity index (χ0v) is 33.0. The number of methoxy groups -OCH3 is 1. The van der Waals surface area contributed by atoms with Crippen molar-refractivity contribution in [3.8, 4) is 23.0 Å². The smallest absolute Gasteiger partial charge is 0.259 e. The van der Waals surface area contributed by atoms with Crippen molar-refractivity contribution < 1.29 is 32.3 Å². The van der Waals surface area contributed by atoms with Crippen molar-refractivity contribution in [3.05, 3.63) is 90.6 Å². The Morgan fingerprint density at radius 1 is 0.965 bits per heavy atom. The topological polar surface area (TPSA) is 169 Å². The summed E-state index contributed by atoms with van der Waals surface area (Å²) in [6.07, 6.45) is 10.1. The molecule has 2 aliphatic heterocycles. The number of ether oxygens (including phenoxy) is 2. The van der Waals surface area contributed by atoms with Gasteiger partial charge in [-0.3, -0.25) is 24.1 Å². The van der Waals surface area contributed by atoms with Crippen LogP contribution in [0.15, 0.2) is 85.1 Å². The Morgan fingerprint density at radius 3 is 2.53 bits per heavy atom. The fourth-order valence-corrected chi connectivity index (χ4v) is 9.48. The third kappa shape index (κ3) is 8.05. The lowest BCUT2D eigenvalue weighted by molar-refractivity contribution is -0.140. The first-order valence-electron chi connectivity index (χ1n) is 19.8. The van der Waals surface area contributed by atoms with Crippen molar-refractivity contribution in [1.82, 2.24) is 24.9 Å². The molecule has 3 fully saturated rings. The number of nitrogens with one attached hydrogen (secondary N) is 3. The first-order valence-corrected chi connectivity index (χ1v) is 21.3. The normalized spacial score (nSPS) is 25.9. The number of hydrogen-bond donors (Lipinski definition) is 3. The third-order valence-electron chi connectivity index (χ3n) is 11.6. The summed E-state index contributed by atoms with van der Waals surface area (Å²) in [5.74, 6) is -0.919. The van der Waals surface area contributed by atoms with Crippen molar-refractivity contribution in [2.24, 2.45) is 5.92 Å². The van der Waals surface area contributed by atoms with Gasteiger partial charge in [0.05, 0.1) is 30.3 Å². The van der Waals surface area contributed by atoms with E-state index >= 15 is 0 Å². The number of sulfonamides is 1. The number of allylic oxidation sites excluding steroid dienone is 1. The zero-order chi connectivity index (χ0) is 39.7. The van der Waals surface area contributed by atoms with Gasteiger partial charge in [-0.05, 0) is 98.9 Å².